The van der Waals surface area contributed by atoms with E-state index in [9.17, 15) is 27.9 Å². The molecule has 1 rings (SSSR count). The first-order valence-electron chi connectivity index (χ1n) is 10.5. The topological polar surface area (TPSA) is 158 Å². The summed E-state index contributed by atoms with van der Waals surface area (Å²) in [5, 5.41) is 12.7. The molecule has 0 bridgehead atoms. The first kappa shape index (κ1) is 28.5. The summed E-state index contributed by atoms with van der Waals surface area (Å²) in [4.78, 5) is 38.5. The number of rotatable bonds is 15. The SMILES string of the molecule is CC(=O)NCCCS(=O)(=O)OCC(C)(C)[C@@H](O)C(=O)OCCCCOC(=O)c1cccnc1. The Bertz CT molecular complexity index is 873. The summed E-state index contributed by atoms with van der Waals surface area (Å²) in [6, 6.07) is 3.21. The number of aliphatic hydroxyl groups is 1. The molecule has 12 heteroatoms. The van der Waals surface area contributed by atoms with Crippen molar-refractivity contribution in [1.82, 2.24) is 10.3 Å². The van der Waals surface area contributed by atoms with Gasteiger partial charge in [-0.3, -0.25) is 14.0 Å². The minimum absolute atomic E-state index is 0.00127. The zero-order chi connectivity index (χ0) is 24.9. The minimum Gasteiger partial charge on any atom is -0.464 e. The number of carbonyl (C=O) groups excluding carboxylic acids is 3. The highest BCUT2D eigenvalue weighted by Gasteiger charge is 2.36. The van der Waals surface area contributed by atoms with Gasteiger partial charge in [-0.25, -0.2) is 9.59 Å². The fourth-order valence-corrected chi connectivity index (χ4v) is 3.50. The third-order valence-electron chi connectivity index (χ3n) is 4.43. The molecule has 1 heterocycles. The molecule has 0 saturated heterocycles. The molecule has 0 aliphatic rings. The van der Waals surface area contributed by atoms with Crippen LogP contribution in [0.25, 0.3) is 0 Å². The van der Waals surface area contributed by atoms with Crippen molar-refractivity contribution in [2.45, 2.75) is 46.1 Å². The maximum atomic E-state index is 12.1. The molecule has 0 aromatic carbocycles. The van der Waals surface area contributed by atoms with Crippen LogP contribution in [-0.2, 0) is 33.4 Å². The molecule has 2 N–H and O–H groups in total. The van der Waals surface area contributed by atoms with Crippen LogP contribution >= 0.6 is 0 Å². The molecule has 186 valence electrons. The van der Waals surface area contributed by atoms with Crippen molar-refractivity contribution in [3.8, 4) is 0 Å². The number of nitrogens with one attached hydrogen (secondary N) is 1. The molecule has 0 fully saturated rings. The average molecular weight is 489 g/mol. The first-order valence-corrected chi connectivity index (χ1v) is 12.1. The van der Waals surface area contributed by atoms with Crippen molar-refractivity contribution in [2.75, 3.05) is 32.1 Å². The number of hydrogen-bond donors (Lipinski definition) is 2. The molecule has 0 aliphatic heterocycles. The number of aromatic nitrogens is 1. The van der Waals surface area contributed by atoms with Crippen LogP contribution in [0, 0.1) is 5.41 Å². The predicted octanol–water partition coefficient (Wildman–Crippen LogP) is 0.822. The van der Waals surface area contributed by atoms with E-state index >= 15 is 0 Å². The lowest BCUT2D eigenvalue weighted by atomic mass is 9.88. The average Bonchev–Trinajstić information content (AvgIpc) is 2.77. The molecule has 0 spiro atoms. The van der Waals surface area contributed by atoms with E-state index in [4.69, 9.17) is 13.7 Å². The second-order valence-electron chi connectivity index (χ2n) is 8.00. The zero-order valence-corrected chi connectivity index (χ0v) is 19.9. The number of ether oxygens (including phenoxy) is 2. The number of aliphatic hydroxyl groups excluding tert-OH is 1. The van der Waals surface area contributed by atoms with E-state index in [1.54, 1.807) is 18.3 Å². The van der Waals surface area contributed by atoms with Gasteiger partial charge in [0.1, 0.15) is 0 Å². The van der Waals surface area contributed by atoms with E-state index in [-0.39, 0.29) is 37.8 Å². The van der Waals surface area contributed by atoms with Crippen molar-refractivity contribution < 1.29 is 41.6 Å². The fraction of sp³-hybridized carbons (Fsp3) is 0.619. The van der Waals surface area contributed by atoms with E-state index in [1.165, 1.54) is 27.0 Å². The van der Waals surface area contributed by atoms with Crippen molar-refractivity contribution in [1.29, 1.82) is 0 Å². The number of hydrogen-bond acceptors (Lipinski definition) is 10. The van der Waals surface area contributed by atoms with Gasteiger partial charge in [0.05, 0.1) is 31.1 Å². The third kappa shape index (κ3) is 11.7. The van der Waals surface area contributed by atoms with Crippen LogP contribution in [0.15, 0.2) is 24.5 Å². The van der Waals surface area contributed by atoms with E-state index in [1.807, 2.05) is 0 Å². The van der Waals surface area contributed by atoms with E-state index < -0.39 is 40.2 Å². The van der Waals surface area contributed by atoms with Crippen molar-refractivity contribution in [3.63, 3.8) is 0 Å². The Balaban J connectivity index is 2.28. The van der Waals surface area contributed by atoms with Gasteiger partial charge in [0.25, 0.3) is 10.1 Å². The summed E-state index contributed by atoms with van der Waals surface area (Å²) in [5.74, 6) is -1.97. The predicted molar refractivity (Wildman–Crippen MR) is 118 cm³/mol. The van der Waals surface area contributed by atoms with Gasteiger partial charge in [-0.15, -0.1) is 0 Å². The van der Waals surface area contributed by atoms with Crippen molar-refractivity contribution in [3.05, 3.63) is 30.1 Å². The Morgan fingerprint density at radius 1 is 1.15 bits per heavy atom. The summed E-state index contributed by atoms with van der Waals surface area (Å²) in [7, 11) is -3.89. The van der Waals surface area contributed by atoms with Gasteiger partial charge in [0.15, 0.2) is 6.10 Å². The summed E-state index contributed by atoms with van der Waals surface area (Å²) in [5.41, 5.74) is -0.882. The molecule has 0 radical (unpaired) electrons. The summed E-state index contributed by atoms with van der Waals surface area (Å²) < 4.78 is 38.9. The molecule has 0 aliphatic carbocycles. The van der Waals surface area contributed by atoms with Gasteiger partial charge in [-0.2, -0.15) is 8.42 Å². The second kappa shape index (κ2) is 13.9. The Hall–Kier alpha value is -2.57. The standard InChI is InChI=1S/C21H32N2O9S/c1-16(24)23-10-7-13-33(28,29)32-15-21(2,3)18(25)20(27)31-12-5-4-11-30-19(26)17-8-6-9-22-14-17/h6,8-9,14,18,25H,4-5,7,10-13,15H2,1-3H3,(H,23,24)/t18-/m0/s1. The Labute approximate surface area is 193 Å². The zero-order valence-electron chi connectivity index (χ0n) is 19.1. The lowest BCUT2D eigenvalue weighted by molar-refractivity contribution is -0.161. The lowest BCUT2D eigenvalue weighted by Crippen LogP contribution is -2.41. The minimum atomic E-state index is -3.89. The summed E-state index contributed by atoms with van der Waals surface area (Å²) in [6.07, 6.45) is 2.35. The van der Waals surface area contributed by atoms with Crippen LogP contribution in [0.4, 0.5) is 0 Å². The highest BCUT2D eigenvalue weighted by Crippen LogP contribution is 2.23. The number of pyridine rings is 1. The molecule has 11 nitrogen and oxygen atoms in total. The van der Waals surface area contributed by atoms with E-state index in [0.717, 1.165) is 0 Å². The van der Waals surface area contributed by atoms with Gasteiger partial charge in [-0.05, 0) is 31.4 Å². The monoisotopic (exact) mass is 488 g/mol. The highest BCUT2D eigenvalue weighted by molar-refractivity contribution is 7.86. The molecular weight excluding hydrogens is 456 g/mol. The maximum Gasteiger partial charge on any atom is 0.339 e. The van der Waals surface area contributed by atoms with Crippen molar-refractivity contribution in [2.24, 2.45) is 5.41 Å². The van der Waals surface area contributed by atoms with Gasteiger partial charge in [-0.1, -0.05) is 13.8 Å². The molecule has 1 atom stereocenters. The molecule has 1 aromatic rings. The fourth-order valence-electron chi connectivity index (χ4n) is 2.40. The summed E-state index contributed by atoms with van der Waals surface area (Å²) in [6.45, 7) is 4.18. The normalized spacial score (nSPS) is 12.6. The number of carbonyl (C=O) groups is 3. The van der Waals surface area contributed by atoms with E-state index in [2.05, 4.69) is 10.3 Å². The molecular formula is C21H32N2O9S. The molecule has 1 amide bonds. The number of unbranched alkanes of at least 4 members (excludes halogenated alkanes) is 1. The Morgan fingerprint density at radius 2 is 1.82 bits per heavy atom. The van der Waals surface area contributed by atoms with Crippen LogP contribution in [-0.4, -0.2) is 74.6 Å². The van der Waals surface area contributed by atoms with Crippen LogP contribution in [0.2, 0.25) is 0 Å². The smallest absolute Gasteiger partial charge is 0.339 e. The van der Waals surface area contributed by atoms with E-state index in [0.29, 0.717) is 18.4 Å². The Kier molecular flexibility index (Phi) is 12.0. The van der Waals surface area contributed by atoms with Gasteiger partial charge < -0.3 is 19.9 Å². The number of amides is 1. The van der Waals surface area contributed by atoms with Gasteiger partial charge in [0, 0.05) is 31.3 Å². The molecule has 0 unspecified atom stereocenters. The quantitative estimate of drug-likeness (QED) is 0.206. The summed E-state index contributed by atoms with van der Waals surface area (Å²) >= 11 is 0. The number of esters is 2. The first-order chi connectivity index (χ1) is 15.4. The third-order valence-corrected chi connectivity index (χ3v) is 5.70. The molecule has 33 heavy (non-hydrogen) atoms. The van der Waals surface area contributed by atoms with Gasteiger partial charge >= 0.3 is 11.9 Å². The largest absolute Gasteiger partial charge is 0.464 e. The van der Waals surface area contributed by atoms with Gasteiger partial charge in [0.2, 0.25) is 5.91 Å². The second-order valence-corrected chi connectivity index (χ2v) is 9.76. The van der Waals surface area contributed by atoms with Crippen LogP contribution in [0.3, 0.4) is 0 Å². The van der Waals surface area contributed by atoms with Crippen LogP contribution < -0.4 is 5.32 Å². The van der Waals surface area contributed by atoms with Crippen LogP contribution in [0.5, 0.6) is 0 Å². The number of nitrogens with zero attached hydrogens (tertiary/aromatic N) is 1. The van der Waals surface area contributed by atoms with Crippen LogP contribution in [0.1, 0.15) is 50.4 Å². The molecule has 0 saturated carbocycles. The maximum absolute atomic E-state index is 12.1. The molecule has 1 aromatic heterocycles. The highest BCUT2D eigenvalue weighted by atomic mass is 32.2. The van der Waals surface area contributed by atoms with Crippen molar-refractivity contribution >= 4 is 28.0 Å². The lowest BCUT2D eigenvalue weighted by Gasteiger charge is -2.28. The Morgan fingerprint density at radius 3 is 2.42 bits per heavy atom.